The molecule has 1 atom stereocenters. The maximum atomic E-state index is 6.16. The van der Waals surface area contributed by atoms with Gasteiger partial charge in [-0.2, -0.15) is 0 Å². The molecule has 16 heavy (non-hydrogen) atoms. The molecular weight excluding hydrogens is 222 g/mol. The fourth-order valence-electron chi connectivity index (χ4n) is 2.39. The maximum absolute atomic E-state index is 6.16. The topological polar surface area (TPSA) is 32.5 Å². The Labute approximate surface area is 102 Å². The standard InChI is InChI=1S/C12H18ClN3/c1-8-10(13)4-5-11-12(8)15(2)7-9(6-14)16(11)3/h4-5,9H,6-7,14H2,1-3H3. The van der Waals surface area contributed by atoms with Gasteiger partial charge in [0.2, 0.25) is 0 Å². The Morgan fingerprint density at radius 3 is 2.75 bits per heavy atom. The van der Waals surface area contributed by atoms with Crippen molar-refractivity contribution < 1.29 is 0 Å². The first-order valence-corrected chi connectivity index (χ1v) is 5.87. The van der Waals surface area contributed by atoms with E-state index < -0.39 is 0 Å². The van der Waals surface area contributed by atoms with E-state index in [1.165, 1.54) is 11.4 Å². The largest absolute Gasteiger partial charge is 0.371 e. The third-order valence-electron chi connectivity index (χ3n) is 3.41. The summed E-state index contributed by atoms with van der Waals surface area (Å²) in [6.45, 7) is 3.68. The van der Waals surface area contributed by atoms with Crippen LogP contribution in [0.4, 0.5) is 11.4 Å². The van der Waals surface area contributed by atoms with Gasteiger partial charge in [-0.05, 0) is 24.6 Å². The van der Waals surface area contributed by atoms with E-state index in [9.17, 15) is 0 Å². The maximum Gasteiger partial charge on any atom is 0.0646 e. The number of hydrogen-bond acceptors (Lipinski definition) is 3. The van der Waals surface area contributed by atoms with E-state index in [0.29, 0.717) is 12.6 Å². The molecule has 3 nitrogen and oxygen atoms in total. The predicted octanol–water partition coefficient (Wildman–Crippen LogP) is 1.86. The quantitative estimate of drug-likeness (QED) is 0.812. The first-order valence-electron chi connectivity index (χ1n) is 5.49. The van der Waals surface area contributed by atoms with Crippen LogP contribution in [0.1, 0.15) is 5.56 Å². The highest BCUT2D eigenvalue weighted by molar-refractivity contribution is 6.32. The van der Waals surface area contributed by atoms with Crippen LogP contribution in [0.25, 0.3) is 0 Å². The number of fused-ring (bicyclic) bond motifs is 1. The molecule has 1 aliphatic heterocycles. The molecule has 1 aromatic carbocycles. The van der Waals surface area contributed by atoms with E-state index in [-0.39, 0.29) is 0 Å². The third kappa shape index (κ3) is 1.64. The lowest BCUT2D eigenvalue weighted by Crippen LogP contribution is -2.50. The van der Waals surface area contributed by atoms with Gasteiger partial charge in [0.15, 0.2) is 0 Å². The van der Waals surface area contributed by atoms with Crippen LogP contribution in [0.5, 0.6) is 0 Å². The summed E-state index contributed by atoms with van der Waals surface area (Å²) in [5, 5.41) is 0.824. The molecule has 0 amide bonds. The molecule has 4 heteroatoms. The van der Waals surface area contributed by atoms with Gasteiger partial charge in [-0.15, -0.1) is 0 Å². The average molecular weight is 240 g/mol. The van der Waals surface area contributed by atoms with Gasteiger partial charge in [0.25, 0.3) is 0 Å². The molecule has 0 fully saturated rings. The Morgan fingerprint density at radius 1 is 1.44 bits per heavy atom. The molecule has 0 aromatic heterocycles. The number of rotatable bonds is 1. The second kappa shape index (κ2) is 4.15. The lowest BCUT2D eigenvalue weighted by atomic mass is 10.0. The zero-order chi connectivity index (χ0) is 11.9. The minimum absolute atomic E-state index is 0.373. The molecule has 1 aliphatic rings. The van der Waals surface area contributed by atoms with Crippen LogP contribution in [0.3, 0.4) is 0 Å². The molecule has 2 N–H and O–H groups in total. The van der Waals surface area contributed by atoms with Gasteiger partial charge in [-0.1, -0.05) is 11.6 Å². The summed E-state index contributed by atoms with van der Waals surface area (Å²) in [7, 11) is 4.19. The SMILES string of the molecule is Cc1c(Cl)ccc2c1N(C)CC(CN)N2C. The van der Waals surface area contributed by atoms with Gasteiger partial charge >= 0.3 is 0 Å². The van der Waals surface area contributed by atoms with Crippen molar-refractivity contribution in [2.45, 2.75) is 13.0 Å². The summed E-state index contributed by atoms with van der Waals surface area (Å²) in [4.78, 5) is 4.49. The highest BCUT2D eigenvalue weighted by Crippen LogP contribution is 2.39. The number of nitrogens with two attached hydrogens (primary N) is 1. The van der Waals surface area contributed by atoms with Gasteiger partial charge < -0.3 is 15.5 Å². The smallest absolute Gasteiger partial charge is 0.0646 e. The van der Waals surface area contributed by atoms with E-state index in [1.807, 2.05) is 6.07 Å². The third-order valence-corrected chi connectivity index (χ3v) is 3.82. The minimum Gasteiger partial charge on any atom is -0.371 e. The summed E-state index contributed by atoms with van der Waals surface area (Å²) < 4.78 is 0. The van der Waals surface area contributed by atoms with Crippen LogP contribution >= 0.6 is 11.6 Å². The lowest BCUT2D eigenvalue weighted by molar-refractivity contribution is 0.608. The van der Waals surface area contributed by atoms with Gasteiger partial charge in [0.05, 0.1) is 17.4 Å². The number of nitrogens with zero attached hydrogens (tertiary/aromatic N) is 2. The molecule has 2 rings (SSSR count). The molecule has 0 radical (unpaired) electrons. The van der Waals surface area contributed by atoms with Crippen molar-refractivity contribution in [1.82, 2.24) is 0 Å². The Hall–Kier alpha value is -0.930. The van der Waals surface area contributed by atoms with Crippen LogP contribution < -0.4 is 15.5 Å². The van der Waals surface area contributed by atoms with E-state index in [2.05, 4.69) is 36.9 Å². The molecule has 1 heterocycles. The summed E-state index contributed by atoms with van der Waals surface area (Å²) in [5.74, 6) is 0. The van der Waals surface area contributed by atoms with Crippen LogP contribution in [-0.4, -0.2) is 33.2 Å². The highest BCUT2D eigenvalue weighted by atomic mass is 35.5. The minimum atomic E-state index is 0.373. The molecule has 1 unspecified atom stereocenters. The molecule has 0 saturated heterocycles. The second-order valence-corrected chi connectivity index (χ2v) is 4.83. The van der Waals surface area contributed by atoms with Crippen molar-refractivity contribution in [3.63, 3.8) is 0 Å². The molecule has 0 saturated carbocycles. The van der Waals surface area contributed by atoms with Crippen molar-refractivity contribution in [3.8, 4) is 0 Å². The Bertz CT molecular complexity index is 405. The normalized spacial score (nSPS) is 19.9. The Morgan fingerprint density at radius 2 is 2.12 bits per heavy atom. The van der Waals surface area contributed by atoms with Crippen molar-refractivity contribution >= 4 is 23.0 Å². The van der Waals surface area contributed by atoms with E-state index in [0.717, 1.165) is 17.1 Å². The zero-order valence-electron chi connectivity index (χ0n) is 10.00. The molecule has 88 valence electrons. The van der Waals surface area contributed by atoms with Crippen LogP contribution in [0, 0.1) is 6.92 Å². The first kappa shape index (κ1) is 11.6. The summed E-state index contributed by atoms with van der Waals surface area (Å²) in [6, 6.07) is 4.40. The molecule has 1 aromatic rings. The van der Waals surface area contributed by atoms with Crippen molar-refractivity contribution in [1.29, 1.82) is 0 Å². The number of halogens is 1. The van der Waals surface area contributed by atoms with E-state index in [1.54, 1.807) is 0 Å². The van der Waals surface area contributed by atoms with E-state index >= 15 is 0 Å². The fraction of sp³-hybridized carbons (Fsp3) is 0.500. The van der Waals surface area contributed by atoms with Gasteiger partial charge in [0.1, 0.15) is 0 Å². The number of hydrogen-bond donors (Lipinski definition) is 1. The van der Waals surface area contributed by atoms with Crippen molar-refractivity contribution in [2.75, 3.05) is 37.0 Å². The Kier molecular flexibility index (Phi) is 3.00. The molecular formula is C12H18ClN3. The Balaban J connectivity index is 2.54. The second-order valence-electron chi connectivity index (χ2n) is 4.42. The highest BCUT2D eigenvalue weighted by Gasteiger charge is 2.27. The zero-order valence-corrected chi connectivity index (χ0v) is 10.8. The van der Waals surface area contributed by atoms with Crippen molar-refractivity contribution in [2.24, 2.45) is 5.73 Å². The summed E-state index contributed by atoms with van der Waals surface area (Å²) >= 11 is 6.16. The molecule has 0 aliphatic carbocycles. The monoisotopic (exact) mass is 239 g/mol. The fourth-order valence-corrected chi connectivity index (χ4v) is 2.54. The van der Waals surface area contributed by atoms with Gasteiger partial charge in [-0.3, -0.25) is 0 Å². The summed E-state index contributed by atoms with van der Waals surface area (Å²) in [6.07, 6.45) is 0. The van der Waals surface area contributed by atoms with Gasteiger partial charge in [0, 0.05) is 32.2 Å². The predicted molar refractivity (Wildman–Crippen MR) is 70.7 cm³/mol. The lowest BCUT2D eigenvalue weighted by Gasteiger charge is -2.41. The molecule has 0 bridgehead atoms. The summed E-state index contributed by atoms with van der Waals surface area (Å²) in [5.41, 5.74) is 9.37. The van der Waals surface area contributed by atoms with Crippen molar-refractivity contribution in [3.05, 3.63) is 22.7 Å². The number of likely N-dealkylation sites (N-methyl/N-ethyl adjacent to an activating group) is 2. The van der Waals surface area contributed by atoms with Crippen LogP contribution in [0.15, 0.2) is 12.1 Å². The van der Waals surface area contributed by atoms with Gasteiger partial charge in [-0.25, -0.2) is 0 Å². The first-order chi connectivity index (χ1) is 7.56. The van der Waals surface area contributed by atoms with E-state index in [4.69, 9.17) is 17.3 Å². The molecule has 0 spiro atoms. The van der Waals surface area contributed by atoms with Crippen LogP contribution in [0.2, 0.25) is 5.02 Å². The number of benzene rings is 1. The average Bonchev–Trinajstić information content (AvgIpc) is 2.27. The number of anilines is 2. The van der Waals surface area contributed by atoms with Crippen LogP contribution in [-0.2, 0) is 0 Å².